The molecule has 0 heterocycles. The van der Waals surface area contributed by atoms with Gasteiger partial charge in [-0.3, -0.25) is 9.59 Å². The molecule has 0 rings (SSSR count). The molecule has 0 aliphatic heterocycles. The van der Waals surface area contributed by atoms with Crippen LogP contribution >= 0.6 is 0 Å². The average Bonchev–Trinajstić information content (AvgIpc) is 2.79. The Hall–Kier alpha value is -1.06. The molecule has 0 saturated carbocycles. The lowest BCUT2D eigenvalue weighted by Crippen LogP contribution is -2.33. The van der Waals surface area contributed by atoms with Crippen molar-refractivity contribution in [3.8, 4) is 0 Å². The van der Waals surface area contributed by atoms with Crippen molar-refractivity contribution in [3.05, 3.63) is 0 Å². The molecule has 0 aromatic rings. The normalized spacial score (nSPS) is 13.6. The molecule has 0 radical (unpaired) electrons. The third-order valence-electron chi connectivity index (χ3n) is 7.34. The highest BCUT2D eigenvalue weighted by Gasteiger charge is 2.33. The van der Waals surface area contributed by atoms with Crippen LogP contribution in [0.5, 0.6) is 0 Å². The Kier molecular flexibility index (Phi) is 21.3. The van der Waals surface area contributed by atoms with Gasteiger partial charge in [0.1, 0.15) is 0 Å². The van der Waals surface area contributed by atoms with E-state index in [1.807, 2.05) is 0 Å². The molecule has 214 valence electrons. The summed E-state index contributed by atoms with van der Waals surface area (Å²) >= 11 is 0. The molecule has 2 unspecified atom stereocenters. The lowest BCUT2D eigenvalue weighted by atomic mass is 9.74. The number of esters is 2. The van der Waals surface area contributed by atoms with Crippen molar-refractivity contribution < 1.29 is 19.1 Å². The number of rotatable bonds is 23. The summed E-state index contributed by atoms with van der Waals surface area (Å²) in [6, 6.07) is 0. The summed E-state index contributed by atoms with van der Waals surface area (Å²) in [6.45, 7) is 18.8. The number of carbonyl (C=O) groups is 2. The molecule has 4 nitrogen and oxygen atoms in total. The van der Waals surface area contributed by atoms with E-state index in [2.05, 4.69) is 55.4 Å². The van der Waals surface area contributed by atoms with Crippen LogP contribution in [-0.2, 0) is 19.1 Å². The maximum atomic E-state index is 12.9. The SMILES string of the molecule is CC(C)CCCOC(=O)CCCCCCCCCCC(C(C)C)C(C(=O)OCCCC(C)C)C(C)C. The van der Waals surface area contributed by atoms with Gasteiger partial charge in [0.2, 0.25) is 0 Å². The molecule has 36 heavy (non-hydrogen) atoms. The van der Waals surface area contributed by atoms with Crippen LogP contribution in [0.4, 0.5) is 0 Å². The van der Waals surface area contributed by atoms with Crippen molar-refractivity contribution in [1.82, 2.24) is 0 Å². The van der Waals surface area contributed by atoms with Crippen LogP contribution in [0.25, 0.3) is 0 Å². The predicted octanol–water partition coefficient (Wildman–Crippen LogP) is 9.39. The standard InChI is InChI=1S/C32H62O4/c1-25(2)19-17-23-35-30(33)22-16-14-12-10-9-11-13-15-21-29(27(5)6)31(28(7)8)32(34)36-24-18-20-26(3)4/h25-29,31H,9-24H2,1-8H3. The summed E-state index contributed by atoms with van der Waals surface area (Å²) in [6.07, 6.45) is 15.3. The second kappa shape index (κ2) is 22.0. The summed E-state index contributed by atoms with van der Waals surface area (Å²) < 4.78 is 11.0. The first kappa shape index (κ1) is 34.9. The maximum Gasteiger partial charge on any atom is 0.309 e. The third kappa shape index (κ3) is 19.1. The van der Waals surface area contributed by atoms with E-state index >= 15 is 0 Å². The molecule has 0 saturated heterocycles. The predicted molar refractivity (Wildman–Crippen MR) is 153 cm³/mol. The van der Waals surface area contributed by atoms with E-state index in [0.29, 0.717) is 49.2 Å². The van der Waals surface area contributed by atoms with Crippen LogP contribution < -0.4 is 0 Å². The van der Waals surface area contributed by atoms with E-state index in [9.17, 15) is 9.59 Å². The first-order chi connectivity index (χ1) is 17.1. The third-order valence-corrected chi connectivity index (χ3v) is 7.34. The van der Waals surface area contributed by atoms with E-state index in [4.69, 9.17) is 9.47 Å². The minimum Gasteiger partial charge on any atom is -0.466 e. The average molecular weight is 511 g/mol. The lowest BCUT2D eigenvalue weighted by molar-refractivity contribution is -0.153. The van der Waals surface area contributed by atoms with Crippen molar-refractivity contribution in [2.24, 2.45) is 35.5 Å². The van der Waals surface area contributed by atoms with Crippen LogP contribution in [0.15, 0.2) is 0 Å². The van der Waals surface area contributed by atoms with Gasteiger partial charge >= 0.3 is 11.9 Å². The molecule has 0 aromatic carbocycles. The molecule has 0 amide bonds. The van der Waals surface area contributed by atoms with Crippen molar-refractivity contribution in [2.45, 2.75) is 145 Å². The zero-order chi connectivity index (χ0) is 27.3. The van der Waals surface area contributed by atoms with Gasteiger partial charge in [0, 0.05) is 6.42 Å². The first-order valence-electron chi connectivity index (χ1n) is 15.4. The van der Waals surface area contributed by atoms with E-state index in [-0.39, 0.29) is 17.9 Å². The number of hydrogen-bond acceptors (Lipinski definition) is 4. The van der Waals surface area contributed by atoms with Crippen LogP contribution in [0.1, 0.15) is 145 Å². The second-order valence-corrected chi connectivity index (χ2v) is 12.5. The van der Waals surface area contributed by atoms with Crippen LogP contribution in [-0.4, -0.2) is 25.2 Å². The van der Waals surface area contributed by atoms with Crippen molar-refractivity contribution >= 4 is 11.9 Å². The minimum atomic E-state index is -0.0300. The molecule has 0 aliphatic carbocycles. The zero-order valence-electron chi connectivity index (χ0n) is 25.4. The summed E-state index contributed by atoms with van der Waals surface area (Å²) in [5.41, 5.74) is 0. The van der Waals surface area contributed by atoms with E-state index < -0.39 is 0 Å². The highest BCUT2D eigenvalue weighted by molar-refractivity contribution is 5.73. The first-order valence-corrected chi connectivity index (χ1v) is 15.4. The molecular formula is C32H62O4. The Morgan fingerprint density at radius 3 is 1.47 bits per heavy atom. The number of carbonyl (C=O) groups excluding carboxylic acids is 2. The summed E-state index contributed by atoms with van der Waals surface area (Å²) in [5, 5.41) is 0. The fourth-order valence-corrected chi connectivity index (χ4v) is 5.09. The zero-order valence-corrected chi connectivity index (χ0v) is 25.4. The van der Waals surface area contributed by atoms with Gasteiger partial charge in [-0.05, 0) is 68.1 Å². The van der Waals surface area contributed by atoms with Crippen LogP contribution in [0.2, 0.25) is 0 Å². The number of ether oxygens (including phenoxy) is 2. The fourth-order valence-electron chi connectivity index (χ4n) is 5.09. The number of hydrogen-bond donors (Lipinski definition) is 0. The largest absolute Gasteiger partial charge is 0.466 e. The highest BCUT2D eigenvalue weighted by Crippen LogP contribution is 2.33. The van der Waals surface area contributed by atoms with Gasteiger partial charge < -0.3 is 9.47 Å². The van der Waals surface area contributed by atoms with E-state index in [1.165, 1.54) is 38.5 Å². The molecule has 0 aromatic heterocycles. The molecule has 2 atom stereocenters. The van der Waals surface area contributed by atoms with Gasteiger partial charge in [0.15, 0.2) is 0 Å². The smallest absolute Gasteiger partial charge is 0.309 e. The van der Waals surface area contributed by atoms with Crippen molar-refractivity contribution in [3.63, 3.8) is 0 Å². The van der Waals surface area contributed by atoms with E-state index in [0.717, 1.165) is 44.9 Å². The van der Waals surface area contributed by atoms with Gasteiger partial charge in [-0.2, -0.15) is 0 Å². The van der Waals surface area contributed by atoms with Gasteiger partial charge in [0.25, 0.3) is 0 Å². The van der Waals surface area contributed by atoms with Gasteiger partial charge in [-0.1, -0.05) is 100 Å². The molecule has 0 N–H and O–H groups in total. The molecule has 0 bridgehead atoms. The van der Waals surface area contributed by atoms with Gasteiger partial charge in [-0.15, -0.1) is 0 Å². The summed E-state index contributed by atoms with van der Waals surface area (Å²) in [4.78, 5) is 24.7. The minimum absolute atomic E-state index is 0.00551. The lowest BCUT2D eigenvalue weighted by Gasteiger charge is -2.31. The van der Waals surface area contributed by atoms with Gasteiger partial charge in [-0.25, -0.2) is 0 Å². The maximum absolute atomic E-state index is 12.9. The van der Waals surface area contributed by atoms with Crippen molar-refractivity contribution in [1.29, 1.82) is 0 Å². The van der Waals surface area contributed by atoms with E-state index in [1.54, 1.807) is 0 Å². The van der Waals surface area contributed by atoms with Crippen molar-refractivity contribution in [2.75, 3.05) is 13.2 Å². The highest BCUT2D eigenvalue weighted by atomic mass is 16.5. The Labute approximate surface area is 225 Å². The monoisotopic (exact) mass is 510 g/mol. The van der Waals surface area contributed by atoms with Crippen LogP contribution in [0, 0.1) is 35.5 Å². The Balaban J connectivity index is 4.03. The fraction of sp³-hybridized carbons (Fsp3) is 0.938. The van der Waals surface area contributed by atoms with Gasteiger partial charge in [0.05, 0.1) is 19.1 Å². The Morgan fingerprint density at radius 2 is 1.00 bits per heavy atom. The second-order valence-electron chi connectivity index (χ2n) is 12.5. The molecule has 0 aliphatic rings. The molecular weight excluding hydrogens is 448 g/mol. The summed E-state index contributed by atoms with van der Waals surface area (Å²) in [5.74, 6) is 2.52. The van der Waals surface area contributed by atoms with Crippen LogP contribution in [0.3, 0.4) is 0 Å². The Morgan fingerprint density at radius 1 is 0.528 bits per heavy atom. The quantitative estimate of drug-likeness (QED) is 0.101. The Bertz CT molecular complexity index is 538. The molecule has 0 fully saturated rings. The molecule has 4 heteroatoms. The number of unbranched alkanes of at least 4 members (excludes halogenated alkanes) is 7. The summed E-state index contributed by atoms with van der Waals surface area (Å²) in [7, 11) is 0. The topological polar surface area (TPSA) is 52.6 Å². The molecule has 0 spiro atoms.